The summed E-state index contributed by atoms with van der Waals surface area (Å²) in [5, 5.41) is 1.50. The Bertz CT molecular complexity index is 689. The average molecular weight is 351 g/mol. The number of nitrogens with two attached hydrogens (primary N) is 2. The third kappa shape index (κ3) is 3.29. The van der Waals surface area contributed by atoms with Gasteiger partial charge in [-0.05, 0) is 60.1 Å². The number of aryl methyl sites for hydroxylation is 2. The normalized spacial score (nSPS) is 11.0. The van der Waals surface area contributed by atoms with Gasteiger partial charge in [-0.2, -0.15) is 0 Å². The summed E-state index contributed by atoms with van der Waals surface area (Å²) in [5.41, 5.74) is 20.1. The Balaban J connectivity index is 2.57. The van der Waals surface area contributed by atoms with E-state index in [1.165, 1.54) is 0 Å². The number of benzene rings is 2. The molecule has 23 heavy (non-hydrogen) atoms. The van der Waals surface area contributed by atoms with Crippen LogP contribution in [0.1, 0.15) is 47.2 Å². The van der Waals surface area contributed by atoms with Gasteiger partial charge in [-0.25, -0.2) is 0 Å². The first-order chi connectivity index (χ1) is 10.8. The van der Waals surface area contributed by atoms with Gasteiger partial charge in [0.15, 0.2) is 0 Å². The molecule has 0 aliphatic rings. The molecule has 0 radical (unpaired) electrons. The molecule has 4 N–H and O–H groups in total. The molecule has 0 unspecified atom stereocenters. The summed E-state index contributed by atoms with van der Waals surface area (Å²) < 4.78 is 0. The fourth-order valence-corrected chi connectivity index (χ4v) is 3.77. The van der Waals surface area contributed by atoms with Crippen LogP contribution in [0.25, 0.3) is 0 Å². The molecule has 4 heteroatoms. The number of rotatable bonds is 4. The summed E-state index contributed by atoms with van der Waals surface area (Å²) in [6.45, 7) is 8.16. The van der Waals surface area contributed by atoms with Crippen molar-refractivity contribution in [3.05, 3.63) is 55.6 Å². The van der Waals surface area contributed by atoms with Crippen LogP contribution in [0.4, 0.5) is 11.4 Å². The minimum atomic E-state index is 0.680. The molecule has 0 heterocycles. The molecular formula is C19H24Cl2N2. The Labute approximate surface area is 148 Å². The second kappa shape index (κ2) is 7.02. The molecule has 0 saturated carbocycles. The molecule has 0 spiro atoms. The van der Waals surface area contributed by atoms with Crippen LogP contribution in [0.2, 0.25) is 10.0 Å². The van der Waals surface area contributed by atoms with Gasteiger partial charge in [-0.1, -0.05) is 49.2 Å². The molecule has 0 aromatic heterocycles. The first-order valence-electron chi connectivity index (χ1n) is 7.94. The maximum Gasteiger partial charge on any atom is 0.0493 e. The van der Waals surface area contributed by atoms with Crippen molar-refractivity contribution in [3.63, 3.8) is 0 Å². The third-order valence-corrected chi connectivity index (χ3v) is 5.40. The first-order valence-corrected chi connectivity index (χ1v) is 8.69. The molecule has 0 amide bonds. The van der Waals surface area contributed by atoms with Gasteiger partial charge in [0.1, 0.15) is 0 Å². The standard InChI is InChI=1S/C19H24Cl2N2/c1-5-14-16(20)12(7-10(3)18(14)22)9-13-8-11(4)19(23)15(6-2)17(13)21/h7-8H,5-6,9,22-23H2,1-4H3. The minimum Gasteiger partial charge on any atom is -0.398 e. The highest BCUT2D eigenvalue weighted by molar-refractivity contribution is 6.33. The zero-order valence-corrected chi connectivity index (χ0v) is 15.7. The van der Waals surface area contributed by atoms with Crippen molar-refractivity contribution in [2.45, 2.75) is 47.0 Å². The monoisotopic (exact) mass is 350 g/mol. The van der Waals surface area contributed by atoms with E-state index in [9.17, 15) is 0 Å². The van der Waals surface area contributed by atoms with Gasteiger partial charge in [0.25, 0.3) is 0 Å². The van der Waals surface area contributed by atoms with Crippen LogP contribution in [-0.2, 0) is 19.3 Å². The Morgan fingerprint density at radius 3 is 1.43 bits per heavy atom. The number of anilines is 2. The number of nitrogen functional groups attached to an aromatic ring is 2. The van der Waals surface area contributed by atoms with Crippen molar-refractivity contribution in [3.8, 4) is 0 Å². The maximum atomic E-state index is 6.59. The Hall–Kier alpha value is -1.38. The van der Waals surface area contributed by atoms with Crippen LogP contribution < -0.4 is 11.5 Å². The van der Waals surface area contributed by atoms with Crippen LogP contribution in [0.15, 0.2) is 12.1 Å². The van der Waals surface area contributed by atoms with E-state index >= 15 is 0 Å². The summed E-state index contributed by atoms with van der Waals surface area (Å²) in [7, 11) is 0. The molecule has 0 bridgehead atoms. The quantitative estimate of drug-likeness (QED) is 0.716. The van der Waals surface area contributed by atoms with Crippen LogP contribution in [-0.4, -0.2) is 0 Å². The van der Waals surface area contributed by atoms with Gasteiger partial charge >= 0.3 is 0 Å². The van der Waals surface area contributed by atoms with Crippen LogP contribution in [0, 0.1) is 13.8 Å². The van der Waals surface area contributed by atoms with Gasteiger partial charge in [0.05, 0.1) is 0 Å². The molecule has 2 rings (SSSR count). The predicted molar refractivity (Wildman–Crippen MR) is 103 cm³/mol. The molecule has 2 nitrogen and oxygen atoms in total. The second-order valence-corrected chi connectivity index (χ2v) is 6.76. The molecule has 2 aromatic rings. The van der Waals surface area contributed by atoms with E-state index in [2.05, 4.69) is 26.0 Å². The van der Waals surface area contributed by atoms with Crippen molar-refractivity contribution >= 4 is 34.6 Å². The third-order valence-electron chi connectivity index (χ3n) is 4.46. The number of hydrogen-bond acceptors (Lipinski definition) is 2. The molecular weight excluding hydrogens is 327 g/mol. The van der Waals surface area contributed by atoms with Crippen LogP contribution in [0.3, 0.4) is 0 Å². The van der Waals surface area contributed by atoms with E-state index in [0.29, 0.717) is 6.42 Å². The van der Waals surface area contributed by atoms with Crippen molar-refractivity contribution in [1.82, 2.24) is 0 Å². The molecule has 124 valence electrons. The molecule has 2 aromatic carbocycles. The highest BCUT2D eigenvalue weighted by Crippen LogP contribution is 2.35. The summed E-state index contributed by atoms with van der Waals surface area (Å²) in [5.74, 6) is 0. The fraction of sp³-hybridized carbons (Fsp3) is 0.368. The van der Waals surface area contributed by atoms with Crippen molar-refractivity contribution in [1.29, 1.82) is 0 Å². The second-order valence-electron chi connectivity index (χ2n) is 6.00. The summed E-state index contributed by atoms with van der Waals surface area (Å²) >= 11 is 13.2. The molecule has 0 fully saturated rings. The lowest BCUT2D eigenvalue weighted by molar-refractivity contribution is 1.08. The zero-order chi connectivity index (χ0) is 17.3. The van der Waals surface area contributed by atoms with Crippen LogP contribution >= 0.6 is 23.2 Å². The number of hydrogen-bond donors (Lipinski definition) is 2. The van der Waals surface area contributed by atoms with E-state index in [4.69, 9.17) is 34.7 Å². The van der Waals surface area contributed by atoms with E-state index in [0.717, 1.165) is 67.6 Å². The Morgan fingerprint density at radius 2 is 1.13 bits per heavy atom. The van der Waals surface area contributed by atoms with Crippen molar-refractivity contribution in [2.24, 2.45) is 0 Å². The van der Waals surface area contributed by atoms with Gasteiger partial charge in [0.2, 0.25) is 0 Å². The largest absolute Gasteiger partial charge is 0.398 e. The zero-order valence-electron chi connectivity index (χ0n) is 14.2. The van der Waals surface area contributed by atoms with E-state index in [1.54, 1.807) is 0 Å². The summed E-state index contributed by atoms with van der Waals surface area (Å²) in [6.07, 6.45) is 2.31. The molecule has 0 saturated heterocycles. The van der Waals surface area contributed by atoms with Gasteiger partial charge in [-0.3, -0.25) is 0 Å². The number of halogens is 2. The lowest BCUT2D eigenvalue weighted by atomic mass is 9.94. The predicted octanol–water partition coefficient (Wildman–Crippen LogP) is 5.49. The summed E-state index contributed by atoms with van der Waals surface area (Å²) in [6, 6.07) is 4.12. The SMILES string of the molecule is CCc1c(N)c(C)cc(Cc2cc(C)c(N)c(CC)c2Cl)c1Cl. The highest BCUT2D eigenvalue weighted by atomic mass is 35.5. The van der Waals surface area contributed by atoms with E-state index < -0.39 is 0 Å². The van der Waals surface area contributed by atoms with E-state index in [1.807, 2.05) is 13.8 Å². The van der Waals surface area contributed by atoms with Gasteiger partial charge in [0, 0.05) is 27.8 Å². The minimum absolute atomic E-state index is 0.680. The smallest absolute Gasteiger partial charge is 0.0493 e. The van der Waals surface area contributed by atoms with Crippen molar-refractivity contribution in [2.75, 3.05) is 11.5 Å². The summed E-state index contributed by atoms with van der Waals surface area (Å²) in [4.78, 5) is 0. The van der Waals surface area contributed by atoms with Gasteiger partial charge in [-0.15, -0.1) is 0 Å². The Kier molecular flexibility index (Phi) is 5.49. The topological polar surface area (TPSA) is 52.0 Å². The lowest BCUT2D eigenvalue weighted by Crippen LogP contribution is -2.04. The molecule has 0 aliphatic carbocycles. The first kappa shape index (κ1) is 18.0. The maximum absolute atomic E-state index is 6.59. The fourth-order valence-electron chi connectivity index (χ4n) is 3.06. The lowest BCUT2D eigenvalue weighted by Gasteiger charge is -2.17. The molecule has 0 aliphatic heterocycles. The molecule has 0 atom stereocenters. The highest BCUT2D eigenvalue weighted by Gasteiger charge is 2.16. The van der Waals surface area contributed by atoms with Crippen LogP contribution in [0.5, 0.6) is 0 Å². The average Bonchev–Trinajstić information content (AvgIpc) is 2.51. The Morgan fingerprint density at radius 1 is 0.783 bits per heavy atom. The van der Waals surface area contributed by atoms with Gasteiger partial charge < -0.3 is 11.5 Å². The van der Waals surface area contributed by atoms with Crippen molar-refractivity contribution < 1.29 is 0 Å². The van der Waals surface area contributed by atoms with E-state index in [-0.39, 0.29) is 0 Å².